The second kappa shape index (κ2) is 12.1. The number of benzene rings is 3. The lowest BCUT2D eigenvalue weighted by Crippen LogP contribution is -2.42. The minimum atomic E-state index is -0.282. The molecule has 10 heteroatoms. The highest BCUT2D eigenvalue weighted by Gasteiger charge is 2.38. The molecule has 2 aromatic heterocycles. The Morgan fingerprint density at radius 1 is 1.00 bits per heavy atom. The number of hydrogen-bond acceptors (Lipinski definition) is 7. The Labute approximate surface area is 265 Å². The minimum absolute atomic E-state index is 0.161. The summed E-state index contributed by atoms with van der Waals surface area (Å²) in [6.45, 7) is 4.42. The Hall–Kier alpha value is -5.09. The van der Waals surface area contributed by atoms with Gasteiger partial charge in [0, 0.05) is 30.1 Å². The van der Waals surface area contributed by atoms with E-state index in [0.717, 1.165) is 44.8 Å². The number of carbonyl (C=O) groups excluding carboxylic acids is 2. The Balaban J connectivity index is 1.41. The van der Waals surface area contributed by atoms with Crippen LogP contribution in [0.2, 0.25) is 0 Å². The molecule has 226 valence electrons. The van der Waals surface area contributed by atoms with Gasteiger partial charge in [0.05, 0.1) is 22.4 Å². The van der Waals surface area contributed by atoms with Crippen molar-refractivity contribution < 1.29 is 19.1 Å². The number of ether oxygens (including phenoxy) is 2. The van der Waals surface area contributed by atoms with E-state index >= 15 is 0 Å². The third-order valence-corrected chi connectivity index (χ3v) is 9.41. The molecular weight excluding hydrogens is 586 g/mol. The van der Waals surface area contributed by atoms with Gasteiger partial charge in [0.2, 0.25) is 18.6 Å². The van der Waals surface area contributed by atoms with Crippen molar-refractivity contribution in [2.75, 3.05) is 24.0 Å². The number of fused-ring (bicyclic) bond motifs is 2. The summed E-state index contributed by atoms with van der Waals surface area (Å²) >= 11 is 1.52. The van der Waals surface area contributed by atoms with Gasteiger partial charge in [0.1, 0.15) is 12.4 Å². The van der Waals surface area contributed by atoms with Crippen molar-refractivity contribution >= 4 is 29.4 Å². The van der Waals surface area contributed by atoms with Gasteiger partial charge in [-0.15, -0.1) is 11.8 Å². The first-order valence-corrected chi connectivity index (χ1v) is 15.7. The van der Waals surface area contributed by atoms with Crippen LogP contribution in [0.1, 0.15) is 33.1 Å². The van der Waals surface area contributed by atoms with Gasteiger partial charge < -0.3 is 14.8 Å². The van der Waals surface area contributed by atoms with Crippen LogP contribution < -0.4 is 19.7 Å². The molecule has 0 bridgehead atoms. The molecule has 1 N–H and O–H groups in total. The zero-order chi connectivity index (χ0) is 30.9. The highest BCUT2D eigenvalue weighted by atomic mass is 32.2. The number of nitrogens with zero attached hydrogens (tertiary/aromatic N) is 4. The monoisotopic (exact) mass is 617 g/mol. The van der Waals surface area contributed by atoms with Gasteiger partial charge in [-0.25, -0.2) is 4.68 Å². The largest absolute Gasteiger partial charge is 0.454 e. The summed E-state index contributed by atoms with van der Waals surface area (Å²) in [6, 6.07) is 25.6. The molecule has 0 unspecified atom stereocenters. The third-order valence-electron chi connectivity index (χ3n) is 8.15. The van der Waals surface area contributed by atoms with Gasteiger partial charge in [-0.3, -0.25) is 19.5 Å². The van der Waals surface area contributed by atoms with E-state index in [1.165, 1.54) is 11.8 Å². The summed E-state index contributed by atoms with van der Waals surface area (Å²) in [5.41, 5.74) is 7.33. The van der Waals surface area contributed by atoms with Gasteiger partial charge in [0.15, 0.2) is 11.5 Å². The van der Waals surface area contributed by atoms with E-state index in [4.69, 9.17) is 14.6 Å². The molecule has 0 fully saturated rings. The zero-order valence-corrected chi connectivity index (χ0v) is 25.7. The summed E-state index contributed by atoms with van der Waals surface area (Å²) in [4.78, 5) is 33.3. The van der Waals surface area contributed by atoms with Crippen LogP contribution in [-0.2, 0) is 16.1 Å². The van der Waals surface area contributed by atoms with Crippen molar-refractivity contribution in [2.24, 2.45) is 0 Å². The van der Waals surface area contributed by atoms with Crippen LogP contribution in [0, 0.1) is 13.8 Å². The molecule has 2 aliphatic rings. The molecule has 0 saturated carbocycles. The van der Waals surface area contributed by atoms with Crippen molar-refractivity contribution in [1.29, 1.82) is 0 Å². The number of thioether (sulfide) groups is 1. The quantitative estimate of drug-likeness (QED) is 0.248. The molecule has 0 aliphatic carbocycles. The summed E-state index contributed by atoms with van der Waals surface area (Å²) in [5, 5.41) is 7.91. The molecule has 5 aromatic rings. The van der Waals surface area contributed by atoms with Gasteiger partial charge in [-0.05, 0) is 60.4 Å². The number of hydrogen-bond donors (Lipinski definition) is 1. The van der Waals surface area contributed by atoms with Crippen LogP contribution in [-0.4, -0.2) is 45.7 Å². The Kier molecular flexibility index (Phi) is 7.72. The fourth-order valence-corrected chi connectivity index (χ4v) is 6.89. The number of pyridine rings is 1. The molecule has 3 aromatic carbocycles. The Morgan fingerprint density at radius 2 is 1.84 bits per heavy atom. The van der Waals surface area contributed by atoms with Crippen molar-refractivity contribution in [2.45, 2.75) is 25.6 Å². The van der Waals surface area contributed by atoms with Crippen LogP contribution in [0.5, 0.6) is 11.5 Å². The smallest absolute Gasteiger partial charge is 0.240 e. The standard InChI is InChI=1S/C35H31N5O4S/c1-22-8-6-12-27(23(22)2)40-35-32(33(38-40)25-10-4-3-5-11-25)34(26-13-14-28-29(16-26)44-21-43-28)45-20-31(42)39(35)19-30(41)37-18-24-9-7-15-36-17-24/h3-17,34H,18-21H2,1-2H3,(H,37,41)/t34-/m1/s1. The number of rotatable bonds is 7. The van der Waals surface area contributed by atoms with E-state index in [1.54, 1.807) is 17.3 Å². The summed E-state index contributed by atoms with van der Waals surface area (Å²) in [6.07, 6.45) is 3.40. The zero-order valence-electron chi connectivity index (χ0n) is 24.9. The average molecular weight is 618 g/mol. The van der Waals surface area contributed by atoms with Crippen molar-refractivity contribution in [3.8, 4) is 28.4 Å². The number of amides is 2. The van der Waals surface area contributed by atoms with E-state index < -0.39 is 0 Å². The lowest BCUT2D eigenvalue weighted by atomic mass is 9.99. The lowest BCUT2D eigenvalue weighted by molar-refractivity contribution is -0.123. The fourth-order valence-electron chi connectivity index (χ4n) is 5.70. The molecule has 1 atom stereocenters. The maximum atomic E-state index is 14.1. The van der Waals surface area contributed by atoms with Gasteiger partial charge in [-0.1, -0.05) is 54.6 Å². The first kappa shape index (κ1) is 28.7. The molecule has 2 amide bonds. The van der Waals surface area contributed by atoms with Crippen molar-refractivity contribution in [3.05, 3.63) is 119 Å². The van der Waals surface area contributed by atoms with E-state index in [9.17, 15) is 9.59 Å². The van der Waals surface area contributed by atoms with Crippen molar-refractivity contribution in [1.82, 2.24) is 20.1 Å². The van der Waals surface area contributed by atoms with E-state index in [1.807, 2.05) is 77.5 Å². The molecular formula is C35H31N5O4S. The number of nitrogens with one attached hydrogen (secondary N) is 1. The molecule has 45 heavy (non-hydrogen) atoms. The first-order chi connectivity index (χ1) is 22.0. The number of aromatic nitrogens is 3. The molecule has 0 radical (unpaired) electrons. The summed E-state index contributed by atoms with van der Waals surface area (Å²) < 4.78 is 13.2. The van der Waals surface area contributed by atoms with Crippen LogP contribution in [0.3, 0.4) is 0 Å². The predicted octanol–water partition coefficient (Wildman–Crippen LogP) is 5.77. The second-order valence-electron chi connectivity index (χ2n) is 11.0. The van der Waals surface area contributed by atoms with Crippen molar-refractivity contribution in [3.63, 3.8) is 0 Å². The summed E-state index contributed by atoms with van der Waals surface area (Å²) in [5.74, 6) is 1.66. The topological polar surface area (TPSA) is 98.6 Å². The normalized spacial score (nSPS) is 15.5. The van der Waals surface area contributed by atoms with Gasteiger partial charge in [0.25, 0.3) is 0 Å². The van der Waals surface area contributed by atoms with Gasteiger partial charge in [-0.2, -0.15) is 5.10 Å². The maximum absolute atomic E-state index is 14.1. The van der Waals surface area contributed by atoms with E-state index in [0.29, 0.717) is 23.9 Å². The molecule has 4 heterocycles. The molecule has 0 saturated heterocycles. The van der Waals surface area contributed by atoms with Crippen LogP contribution in [0.4, 0.5) is 5.82 Å². The first-order valence-electron chi connectivity index (χ1n) is 14.7. The van der Waals surface area contributed by atoms with Crippen LogP contribution in [0.25, 0.3) is 16.9 Å². The Bertz CT molecular complexity index is 1890. The lowest BCUT2D eigenvalue weighted by Gasteiger charge is -2.24. The SMILES string of the molecule is Cc1cccc(-n2nc(-c3ccccc3)c3c2N(CC(=O)NCc2cccnc2)C(=O)CS[C@@H]3c2ccc3c(c2)OCO3)c1C. The third kappa shape index (κ3) is 5.53. The highest BCUT2D eigenvalue weighted by molar-refractivity contribution is 8.00. The van der Waals surface area contributed by atoms with E-state index in [-0.39, 0.29) is 36.2 Å². The van der Waals surface area contributed by atoms with E-state index in [2.05, 4.69) is 30.2 Å². The van der Waals surface area contributed by atoms with Crippen LogP contribution >= 0.6 is 11.8 Å². The number of anilines is 1. The molecule has 9 nitrogen and oxygen atoms in total. The number of aryl methyl sites for hydroxylation is 1. The Morgan fingerprint density at radius 3 is 2.67 bits per heavy atom. The minimum Gasteiger partial charge on any atom is -0.454 e. The summed E-state index contributed by atoms with van der Waals surface area (Å²) in [7, 11) is 0. The molecule has 7 rings (SSSR count). The maximum Gasteiger partial charge on any atom is 0.240 e. The molecule has 0 spiro atoms. The highest BCUT2D eigenvalue weighted by Crippen LogP contribution is 2.50. The number of carbonyl (C=O) groups is 2. The van der Waals surface area contributed by atoms with Gasteiger partial charge >= 0.3 is 0 Å². The predicted molar refractivity (Wildman–Crippen MR) is 174 cm³/mol. The fraction of sp³-hybridized carbons (Fsp3) is 0.200. The molecule has 2 aliphatic heterocycles. The average Bonchev–Trinajstić information content (AvgIpc) is 3.67. The second-order valence-corrected chi connectivity index (χ2v) is 12.1. The van der Waals surface area contributed by atoms with Crippen LogP contribution in [0.15, 0.2) is 91.3 Å².